The number of Topliss-reactive ketones (excluding diaryl/α,β-unsaturated/α-hetero) is 1. The third-order valence-corrected chi connectivity index (χ3v) is 6.03. The number of piperidine rings is 1. The average Bonchev–Trinajstić information content (AvgIpc) is 2.82. The molecule has 0 bridgehead atoms. The maximum Gasteiger partial charge on any atom is 0.242 e. The molecular weight excluding hydrogens is 404 g/mol. The van der Waals surface area contributed by atoms with E-state index in [9.17, 15) is 9.59 Å². The SMILES string of the molecule is COc1cc(NC(=O)C(CC(=O)c2ccc(C(C)C)cc2)N2CCCCC2)cc(OC)c1. The van der Waals surface area contributed by atoms with E-state index in [2.05, 4.69) is 24.1 Å². The van der Waals surface area contributed by atoms with Gasteiger partial charge in [-0.3, -0.25) is 14.5 Å². The fourth-order valence-corrected chi connectivity index (χ4v) is 4.07. The third kappa shape index (κ3) is 6.10. The maximum absolute atomic E-state index is 13.3. The zero-order chi connectivity index (χ0) is 23.1. The van der Waals surface area contributed by atoms with Gasteiger partial charge >= 0.3 is 0 Å². The number of likely N-dealkylation sites (tertiary alicyclic amines) is 1. The first-order valence-electron chi connectivity index (χ1n) is 11.3. The number of rotatable bonds is 9. The summed E-state index contributed by atoms with van der Waals surface area (Å²) in [6, 6.07) is 12.5. The normalized spacial score (nSPS) is 15.3. The summed E-state index contributed by atoms with van der Waals surface area (Å²) in [5.41, 5.74) is 2.42. The van der Waals surface area contributed by atoms with Gasteiger partial charge in [-0.1, -0.05) is 44.5 Å². The second-order valence-corrected chi connectivity index (χ2v) is 8.61. The molecule has 1 heterocycles. The summed E-state index contributed by atoms with van der Waals surface area (Å²) >= 11 is 0. The van der Waals surface area contributed by atoms with Crippen molar-refractivity contribution in [3.8, 4) is 11.5 Å². The Kier molecular flexibility index (Phi) is 8.28. The zero-order valence-electron chi connectivity index (χ0n) is 19.5. The molecule has 1 fully saturated rings. The molecule has 3 rings (SSSR count). The van der Waals surface area contributed by atoms with Gasteiger partial charge in [0.1, 0.15) is 11.5 Å². The van der Waals surface area contributed by atoms with E-state index in [1.807, 2.05) is 24.3 Å². The van der Waals surface area contributed by atoms with Crippen LogP contribution in [0, 0.1) is 0 Å². The molecule has 2 aromatic rings. The van der Waals surface area contributed by atoms with Crippen molar-refractivity contribution >= 4 is 17.4 Å². The second kappa shape index (κ2) is 11.1. The van der Waals surface area contributed by atoms with E-state index in [1.54, 1.807) is 32.4 Å². The van der Waals surface area contributed by atoms with Gasteiger partial charge in [-0.2, -0.15) is 0 Å². The van der Waals surface area contributed by atoms with Gasteiger partial charge in [0.05, 0.1) is 20.3 Å². The van der Waals surface area contributed by atoms with E-state index < -0.39 is 6.04 Å². The maximum atomic E-state index is 13.3. The number of carbonyl (C=O) groups is 2. The molecule has 1 amide bonds. The number of nitrogens with one attached hydrogen (secondary N) is 1. The third-order valence-electron chi connectivity index (χ3n) is 6.03. The molecule has 0 aromatic heterocycles. The minimum atomic E-state index is -0.523. The molecule has 6 nitrogen and oxygen atoms in total. The topological polar surface area (TPSA) is 67.9 Å². The van der Waals surface area contributed by atoms with Gasteiger partial charge in [0.2, 0.25) is 5.91 Å². The first-order valence-corrected chi connectivity index (χ1v) is 11.3. The van der Waals surface area contributed by atoms with Crippen LogP contribution in [0.15, 0.2) is 42.5 Å². The Hall–Kier alpha value is -2.86. The minimum Gasteiger partial charge on any atom is -0.497 e. The van der Waals surface area contributed by atoms with Crippen LogP contribution in [0.5, 0.6) is 11.5 Å². The molecule has 1 atom stereocenters. The zero-order valence-corrected chi connectivity index (χ0v) is 19.5. The summed E-state index contributed by atoms with van der Waals surface area (Å²) in [6.45, 7) is 5.89. The Balaban J connectivity index is 1.79. The number of methoxy groups -OCH3 is 2. The largest absolute Gasteiger partial charge is 0.497 e. The van der Waals surface area contributed by atoms with Crippen molar-refractivity contribution in [2.75, 3.05) is 32.6 Å². The van der Waals surface area contributed by atoms with Crippen LogP contribution in [-0.4, -0.2) is 49.9 Å². The van der Waals surface area contributed by atoms with Gasteiger partial charge in [-0.15, -0.1) is 0 Å². The number of benzene rings is 2. The summed E-state index contributed by atoms with van der Waals surface area (Å²) in [5.74, 6) is 1.39. The summed E-state index contributed by atoms with van der Waals surface area (Å²) in [6.07, 6.45) is 3.37. The molecule has 1 saturated heterocycles. The molecule has 0 saturated carbocycles. The summed E-state index contributed by atoms with van der Waals surface area (Å²) in [7, 11) is 3.14. The van der Waals surface area contributed by atoms with E-state index in [-0.39, 0.29) is 18.1 Å². The predicted molar refractivity (Wildman–Crippen MR) is 127 cm³/mol. The van der Waals surface area contributed by atoms with Gasteiger partial charge < -0.3 is 14.8 Å². The van der Waals surface area contributed by atoms with Gasteiger partial charge in [-0.25, -0.2) is 0 Å². The molecule has 1 unspecified atom stereocenters. The van der Waals surface area contributed by atoms with Crippen molar-refractivity contribution in [3.63, 3.8) is 0 Å². The Labute approximate surface area is 190 Å². The van der Waals surface area contributed by atoms with Crippen LogP contribution in [0.1, 0.15) is 61.4 Å². The highest BCUT2D eigenvalue weighted by molar-refractivity contribution is 6.02. The van der Waals surface area contributed by atoms with Gasteiger partial charge in [0.25, 0.3) is 0 Å². The highest BCUT2D eigenvalue weighted by Crippen LogP contribution is 2.27. The molecule has 1 aliphatic heterocycles. The van der Waals surface area contributed by atoms with Crippen molar-refractivity contribution < 1.29 is 19.1 Å². The van der Waals surface area contributed by atoms with Gasteiger partial charge in [0.15, 0.2) is 5.78 Å². The summed E-state index contributed by atoms with van der Waals surface area (Å²) < 4.78 is 10.6. The molecule has 0 aliphatic carbocycles. The molecule has 6 heteroatoms. The Bertz CT molecular complexity index is 896. The van der Waals surface area contributed by atoms with Crippen molar-refractivity contribution in [2.24, 2.45) is 0 Å². The van der Waals surface area contributed by atoms with E-state index in [0.29, 0.717) is 28.7 Å². The lowest BCUT2D eigenvalue weighted by Crippen LogP contribution is -2.47. The molecule has 0 spiro atoms. The lowest BCUT2D eigenvalue weighted by atomic mass is 9.96. The number of ether oxygens (including phenoxy) is 2. The second-order valence-electron chi connectivity index (χ2n) is 8.61. The number of hydrogen-bond acceptors (Lipinski definition) is 5. The lowest BCUT2D eigenvalue weighted by molar-refractivity contribution is -0.121. The van der Waals surface area contributed by atoms with E-state index in [1.165, 1.54) is 5.56 Å². The Morgan fingerprint density at radius 1 is 0.938 bits per heavy atom. The molecule has 32 heavy (non-hydrogen) atoms. The first kappa shape index (κ1) is 23.8. The standard InChI is InChI=1S/C26H34N2O4/c1-18(2)19-8-10-20(11-9-19)25(29)17-24(28-12-6-5-7-13-28)26(30)27-21-14-22(31-3)16-23(15-21)32-4/h8-11,14-16,18,24H,5-7,12-13,17H2,1-4H3,(H,27,30). The van der Waals surface area contributed by atoms with Gasteiger partial charge in [0, 0.05) is 35.9 Å². The van der Waals surface area contributed by atoms with Crippen molar-refractivity contribution in [1.82, 2.24) is 4.90 Å². The predicted octanol–water partition coefficient (Wildman–Crippen LogP) is 4.89. The van der Waals surface area contributed by atoms with Crippen LogP contribution in [0.4, 0.5) is 5.69 Å². The van der Waals surface area contributed by atoms with Crippen LogP contribution < -0.4 is 14.8 Å². The number of ketones is 1. The number of anilines is 1. The van der Waals surface area contributed by atoms with Crippen molar-refractivity contribution in [1.29, 1.82) is 0 Å². The Morgan fingerprint density at radius 2 is 1.53 bits per heavy atom. The summed E-state index contributed by atoms with van der Waals surface area (Å²) in [4.78, 5) is 28.6. The molecular formula is C26H34N2O4. The van der Waals surface area contributed by atoms with Crippen molar-refractivity contribution in [3.05, 3.63) is 53.6 Å². The number of carbonyl (C=O) groups excluding carboxylic acids is 2. The van der Waals surface area contributed by atoms with Crippen LogP contribution in [0.3, 0.4) is 0 Å². The lowest BCUT2D eigenvalue weighted by Gasteiger charge is -2.33. The molecule has 172 valence electrons. The van der Waals surface area contributed by atoms with Crippen LogP contribution in [0.2, 0.25) is 0 Å². The fraction of sp³-hybridized carbons (Fsp3) is 0.462. The van der Waals surface area contributed by atoms with Crippen LogP contribution >= 0.6 is 0 Å². The van der Waals surface area contributed by atoms with Crippen LogP contribution in [-0.2, 0) is 4.79 Å². The highest BCUT2D eigenvalue weighted by Gasteiger charge is 2.30. The number of hydrogen-bond donors (Lipinski definition) is 1. The monoisotopic (exact) mass is 438 g/mol. The van der Waals surface area contributed by atoms with Crippen molar-refractivity contribution in [2.45, 2.75) is 51.5 Å². The fourth-order valence-electron chi connectivity index (χ4n) is 4.07. The smallest absolute Gasteiger partial charge is 0.242 e. The Morgan fingerprint density at radius 3 is 2.06 bits per heavy atom. The quantitative estimate of drug-likeness (QED) is 0.565. The molecule has 2 aromatic carbocycles. The summed E-state index contributed by atoms with van der Waals surface area (Å²) in [5, 5.41) is 2.98. The first-order chi connectivity index (χ1) is 15.4. The number of nitrogens with zero attached hydrogens (tertiary/aromatic N) is 1. The average molecular weight is 439 g/mol. The highest BCUT2D eigenvalue weighted by atomic mass is 16.5. The van der Waals surface area contributed by atoms with E-state index in [4.69, 9.17) is 9.47 Å². The molecule has 1 N–H and O–H groups in total. The molecule has 0 radical (unpaired) electrons. The molecule has 1 aliphatic rings. The minimum absolute atomic E-state index is 0.0192. The van der Waals surface area contributed by atoms with Gasteiger partial charge in [-0.05, 0) is 37.4 Å². The van der Waals surface area contributed by atoms with E-state index >= 15 is 0 Å². The number of amides is 1. The van der Waals surface area contributed by atoms with E-state index in [0.717, 1.165) is 32.4 Å². The van der Waals surface area contributed by atoms with Crippen LogP contribution in [0.25, 0.3) is 0 Å².